The van der Waals surface area contributed by atoms with Gasteiger partial charge in [0.15, 0.2) is 0 Å². The summed E-state index contributed by atoms with van der Waals surface area (Å²) in [6.07, 6.45) is 0. The van der Waals surface area contributed by atoms with Crippen molar-refractivity contribution in [3.05, 3.63) is 45.2 Å². The van der Waals surface area contributed by atoms with Crippen molar-refractivity contribution in [2.24, 2.45) is 5.73 Å². The summed E-state index contributed by atoms with van der Waals surface area (Å²) in [5.41, 5.74) is 5.49. The van der Waals surface area contributed by atoms with Crippen molar-refractivity contribution in [3.63, 3.8) is 0 Å². The molecule has 0 spiro atoms. The van der Waals surface area contributed by atoms with Crippen LogP contribution in [0.1, 0.15) is 10.5 Å². The van der Waals surface area contributed by atoms with E-state index in [1.807, 2.05) is 0 Å². The number of aromatic nitrogens is 1. The van der Waals surface area contributed by atoms with Gasteiger partial charge in [0.05, 0.1) is 4.90 Å². The third kappa shape index (κ3) is 4.29. The molecule has 0 saturated heterocycles. The van der Waals surface area contributed by atoms with Crippen LogP contribution >= 0.6 is 27.3 Å². The molecule has 0 unspecified atom stereocenters. The van der Waals surface area contributed by atoms with Gasteiger partial charge in [0.1, 0.15) is 10.6 Å². The first kappa shape index (κ1) is 21.0. The zero-order valence-corrected chi connectivity index (χ0v) is 18.1. The number of rotatable bonds is 8. The van der Waals surface area contributed by atoms with E-state index in [0.717, 1.165) is 0 Å². The number of primary amides is 1. The number of hydrogen-bond acceptors (Lipinski definition) is 6. The van der Waals surface area contributed by atoms with E-state index >= 15 is 0 Å². The molecule has 9 nitrogen and oxygen atoms in total. The molecule has 2 aromatic heterocycles. The average molecular weight is 507 g/mol. The van der Waals surface area contributed by atoms with Crippen LogP contribution in [0.4, 0.5) is 0 Å². The van der Waals surface area contributed by atoms with Gasteiger partial charge in [-0.1, -0.05) is 15.9 Å². The highest BCUT2D eigenvalue weighted by Gasteiger charge is 2.27. The van der Waals surface area contributed by atoms with Crippen molar-refractivity contribution in [3.8, 4) is 0 Å². The zero-order valence-electron chi connectivity index (χ0n) is 14.1. The molecule has 5 N–H and O–H groups in total. The Hall–Kier alpha value is -1.77. The van der Waals surface area contributed by atoms with Crippen LogP contribution in [0.25, 0.3) is 10.9 Å². The Morgan fingerprint density at radius 3 is 2.39 bits per heavy atom. The lowest BCUT2D eigenvalue weighted by atomic mass is 10.2. The lowest BCUT2D eigenvalue weighted by Gasteiger charge is -2.09. The van der Waals surface area contributed by atoms with E-state index in [4.69, 9.17) is 5.73 Å². The van der Waals surface area contributed by atoms with Crippen molar-refractivity contribution in [2.45, 2.75) is 9.79 Å². The largest absolute Gasteiger partial charge is 0.364 e. The summed E-state index contributed by atoms with van der Waals surface area (Å²) in [4.78, 5) is 14.2. The van der Waals surface area contributed by atoms with Crippen LogP contribution in [-0.4, -0.2) is 40.8 Å². The standard InChI is InChI=1S/C15H15BrN4O5S3/c16-9-1-2-12-11(7-9)14(13(20-12)15(17)21)28(24,25)19-5-4-18-27(22,23)10-3-6-26-8-10/h1-3,6-8,18-20H,4-5H2,(H2,17,21). The fourth-order valence-electron chi connectivity index (χ4n) is 2.52. The number of nitrogens with two attached hydrogens (primary N) is 1. The summed E-state index contributed by atoms with van der Waals surface area (Å²) in [5, 5.41) is 3.38. The highest BCUT2D eigenvalue weighted by Crippen LogP contribution is 2.29. The Morgan fingerprint density at radius 2 is 1.79 bits per heavy atom. The quantitative estimate of drug-likeness (QED) is 0.339. The van der Waals surface area contributed by atoms with Gasteiger partial charge in [-0.25, -0.2) is 26.3 Å². The van der Waals surface area contributed by atoms with Crippen LogP contribution in [0.2, 0.25) is 0 Å². The molecule has 1 amide bonds. The summed E-state index contributed by atoms with van der Waals surface area (Å²) in [7, 11) is -7.85. The Balaban J connectivity index is 1.81. The Bertz CT molecular complexity index is 1230. The number of sulfonamides is 2. The molecule has 0 bridgehead atoms. The number of carbonyl (C=O) groups is 1. The predicted octanol–water partition coefficient (Wildman–Crippen LogP) is 1.35. The minimum absolute atomic E-state index is 0.109. The van der Waals surface area contributed by atoms with Gasteiger partial charge >= 0.3 is 0 Å². The minimum atomic E-state index is -4.14. The van der Waals surface area contributed by atoms with E-state index in [1.165, 1.54) is 22.8 Å². The maximum Gasteiger partial charge on any atom is 0.266 e. The molecular weight excluding hydrogens is 492 g/mol. The summed E-state index contributed by atoms with van der Waals surface area (Å²) in [6, 6.07) is 6.29. The fourth-order valence-corrected chi connectivity index (χ4v) is 6.34. The Labute approximate surface area is 173 Å². The molecular formula is C15H15BrN4O5S3. The highest BCUT2D eigenvalue weighted by atomic mass is 79.9. The zero-order chi connectivity index (χ0) is 20.5. The highest BCUT2D eigenvalue weighted by molar-refractivity contribution is 9.10. The van der Waals surface area contributed by atoms with Gasteiger partial charge in [0.2, 0.25) is 20.0 Å². The predicted molar refractivity (Wildman–Crippen MR) is 109 cm³/mol. The van der Waals surface area contributed by atoms with Crippen molar-refractivity contribution in [1.29, 1.82) is 0 Å². The number of hydrogen-bond donors (Lipinski definition) is 4. The minimum Gasteiger partial charge on any atom is -0.364 e. The summed E-state index contributed by atoms with van der Waals surface area (Å²) < 4.78 is 54.9. The number of H-pyrrole nitrogens is 1. The first-order valence-corrected chi connectivity index (χ1v) is 12.4. The van der Waals surface area contributed by atoms with E-state index in [2.05, 4.69) is 30.4 Å². The second-order valence-electron chi connectivity index (χ2n) is 5.64. The summed E-state index contributed by atoms with van der Waals surface area (Å²) in [6.45, 7) is -0.389. The smallest absolute Gasteiger partial charge is 0.266 e. The van der Waals surface area contributed by atoms with Gasteiger partial charge < -0.3 is 10.7 Å². The topological polar surface area (TPSA) is 151 Å². The van der Waals surface area contributed by atoms with Crippen LogP contribution in [-0.2, 0) is 20.0 Å². The molecule has 0 aliphatic carbocycles. The van der Waals surface area contributed by atoms with Crippen LogP contribution in [0.3, 0.4) is 0 Å². The van der Waals surface area contributed by atoms with Crippen LogP contribution in [0, 0.1) is 0 Å². The molecule has 2 heterocycles. The molecule has 0 atom stereocenters. The second kappa shape index (κ2) is 7.93. The molecule has 0 radical (unpaired) electrons. The number of carbonyl (C=O) groups excluding carboxylic acids is 1. The second-order valence-corrected chi connectivity index (χ2v) is 10.8. The van der Waals surface area contributed by atoms with Crippen molar-refractivity contribution in [2.75, 3.05) is 13.1 Å². The van der Waals surface area contributed by atoms with Gasteiger partial charge in [-0.3, -0.25) is 4.79 Å². The van der Waals surface area contributed by atoms with Crippen LogP contribution in [0.15, 0.2) is 49.3 Å². The molecule has 3 aromatic rings. The van der Waals surface area contributed by atoms with Gasteiger partial charge in [-0.15, -0.1) is 0 Å². The lowest BCUT2D eigenvalue weighted by molar-refractivity contribution is 0.0993. The van der Waals surface area contributed by atoms with E-state index in [0.29, 0.717) is 9.99 Å². The number of aromatic amines is 1. The molecule has 28 heavy (non-hydrogen) atoms. The van der Waals surface area contributed by atoms with Crippen molar-refractivity contribution in [1.82, 2.24) is 14.4 Å². The van der Waals surface area contributed by atoms with E-state index in [1.54, 1.807) is 23.6 Å². The normalized spacial score (nSPS) is 12.5. The van der Waals surface area contributed by atoms with E-state index in [-0.39, 0.29) is 34.0 Å². The van der Waals surface area contributed by atoms with Gasteiger partial charge in [-0.2, -0.15) is 11.3 Å². The molecule has 150 valence electrons. The van der Waals surface area contributed by atoms with Crippen molar-refractivity contribution < 1.29 is 21.6 Å². The number of benzene rings is 1. The summed E-state index contributed by atoms with van der Waals surface area (Å²) in [5.74, 6) is -0.925. The average Bonchev–Trinajstić information content (AvgIpc) is 3.26. The Morgan fingerprint density at radius 1 is 1.11 bits per heavy atom. The molecule has 3 rings (SSSR count). The number of halogens is 1. The maximum atomic E-state index is 12.8. The third-order valence-corrected chi connectivity index (χ3v) is 8.07. The van der Waals surface area contributed by atoms with E-state index in [9.17, 15) is 21.6 Å². The first-order valence-electron chi connectivity index (χ1n) is 7.74. The number of nitrogens with one attached hydrogen (secondary N) is 3. The van der Waals surface area contributed by atoms with Crippen molar-refractivity contribution >= 4 is 64.1 Å². The Kier molecular flexibility index (Phi) is 5.93. The summed E-state index contributed by atoms with van der Waals surface area (Å²) >= 11 is 4.50. The maximum absolute atomic E-state index is 12.8. The molecule has 0 fully saturated rings. The number of amides is 1. The molecule has 13 heteroatoms. The number of thiophene rings is 1. The van der Waals surface area contributed by atoms with Gasteiger partial charge in [-0.05, 0) is 29.6 Å². The third-order valence-electron chi connectivity index (χ3n) is 3.74. The van der Waals surface area contributed by atoms with Gasteiger partial charge in [0, 0.05) is 33.8 Å². The van der Waals surface area contributed by atoms with Crippen LogP contribution < -0.4 is 15.2 Å². The molecule has 1 aromatic carbocycles. The first-order chi connectivity index (χ1) is 13.1. The van der Waals surface area contributed by atoms with Crippen LogP contribution in [0.5, 0.6) is 0 Å². The molecule has 0 aliphatic heterocycles. The fraction of sp³-hybridized carbons (Fsp3) is 0.133. The van der Waals surface area contributed by atoms with E-state index < -0.39 is 26.0 Å². The monoisotopic (exact) mass is 506 g/mol. The molecule has 0 aliphatic rings. The van der Waals surface area contributed by atoms with Gasteiger partial charge in [0.25, 0.3) is 5.91 Å². The SMILES string of the molecule is NC(=O)c1[nH]c2ccc(Br)cc2c1S(=O)(=O)NCCNS(=O)(=O)c1ccsc1. The molecule has 0 saturated carbocycles. The lowest BCUT2D eigenvalue weighted by Crippen LogP contribution is -2.35. The number of fused-ring (bicyclic) bond motifs is 1.